The monoisotopic (exact) mass is 289 g/mol. The summed E-state index contributed by atoms with van der Waals surface area (Å²) in [7, 11) is 0. The molecule has 1 aliphatic rings. The Morgan fingerprint density at radius 3 is 2.45 bits per heavy atom. The number of thioether (sulfide) groups is 1. The lowest BCUT2D eigenvalue weighted by molar-refractivity contribution is 0.0321. The topological polar surface area (TPSA) is 53.0 Å². The lowest BCUT2D eigenvalue weighted by Crippen LogP contribution is -2.64. The standard InChI is InChI=1S/C16H23N3S/c1-13-7-6-8-14(2)19(13)16(18,11-17)12-20-15-9-4-3-5-10-15/h3-5,9-10,13-14H,6-8,12,18H2,1-2H3. The lowest BCUT2D eigenvalue weighted by atomic mass is 9.94. The summed E-state index contributed by atoms with van der Waals surface area (Å²) in [5, 5.41) is 9.62. The molecule has 2 rings (SSSR count). The summed E-state index contributed by atoms with van der Waals surface area (Å²) in [5.74, 6) is 0.599. The summed E-state index contributed by atoms with van der Waals surface area (Å²) in [6.45, 7) is 4.36. The maximum atomic E-state index is 9.62. The molecule has 0 saturated carbocycles. The van der Waals surface area contributed by atoms with Gasteiger partial charge in [-0.05, 0) is 38.8 Å². The number of benzene rings is 1. The molecule has 4 heteroatoms. The SMILES string of the molecule is CC1CCCC(C)N1C(N)(C#N)CSc1ccccc1. The van der Waals surface area contributed by atoms with Gasteiger partial charge in [-0.3, -0.25) is 4.90 Å². The minimum Gasteiger partial charge on any atom is -0.300 e. The molecule has 3 atom stereocenters. The molecule has 1 heterocycles. The van der Waals surface area contributed by atoms with Gasteiger partial charge in [0.1, 0.15) is 6.07 Å². The van der Waals surface area contributed by atoms with Crippen LogP contribution in [0.15, 0.2) is 35.2 Å². The molecule has 1 fully saturated rings. The molecule has 2 N–H and O–H groups in total. The van der Waals surface area contributed by atoms with Crippen molar-refractivity contribution in [2.45, 2.75) is 55.8 Å². The van der Waals surface area contributed by atoms with Crippen molar-refractivity contribution in [1.29, 1.82) is 5.26 Å². The van der Waals surface area contributed by atoms with E-state index in [9.17, 15) is 5.26 Å². The van der Waals surface area contributed by atoms with E-state index >= 15 is 0 Å². The predicted octanol–water partition coefficient (Wildman–Crippen LogP) is 3.22. The first-order valence-corrected chi connectivity index (χ1v) is 8.22. The minimum absolute atomic E-state index is 0.375. The van der Waals surface area contributed by atoms with E-state index < -0.39 is 5.66 Å². The summed E-state index contributed by atoms with van der Waals surface area (Å²) in [6.07, 6.45) is 3.48. The number of rotatable bonds is 4. The fourth-order valence-corrected chi connectivity index (χ4v) is 4.03. The van der Waals surface area contributed by atoms with E-state index in [4.69, 9.17) is 5.73 Å². The molecule has 0 aromatic heterocycles. The van der Waals surface area contributed by atoms with Crippen molar-refractivity contribution in [2.75, 3.05) is 5.75 Å². The average Bonchev–Trinajstić information content (AvgIpc) is 2.46. The maximum absolute atomic E-state index is 9.62. The summed E-state index contributed by atoms with van der Waals surface area (Å²) >= 11 is 1.66. The van der Waals surface area contributed by atoms with Crippen molar-refractivity contribution in [3.05, 3.63) is 30.3 Å². The van der Waals surface area contributed by atoms with Gasteiger partial charge in [0.15, 0.2) is 5.66 Å². The zero-order valence-corrected chi connectivity index (χ0v) is 13.1. The molecule has 1 saturated heterocycles. The Labute approximate surface area is 126 Å². The molecule has 0 radical (unpaired) electrons. The Kier molecular flexibility index (Phi) is 5.09. The van der Waals surface area contributed by atoms with Crippen LogP contribution in [-0.2, 0) is 0 Å². The zero-order valence-electron chi connectivity index (χ0n) is 12.2. The molecular formula is C16H23N3S. The molecule has 20 heavy (non-hydrogen) atoms. The van der Waals surface area contributed by atoms with Crippen LogP contribution in [0.25, 0.3) is 0 Å². The number of nitrogens with two attached hydrogens (primary N) is 1. The highest BCUT2D eigenvalue weighted by Gasteiger charge is 2.40. The largest absolute Gasteiger partial charge is 0.300 e. The fraction of sp³-hybridized carbons (Fsp3) is 0.562. The van der Waals surface area contributed by atoms with Gasteiger partial charge in [-0.15, -0.1) is 11.8 Å². The quantitative estimate of drug-likeness (QED) is 0.865. The van der Waals surface area contributed by atoms with Crippen LogP contribution in [0.3, 0.4) is 0 Å². The summed E-state index contributed by atoms with van der Waals surface area (Å²) < 4.78 is 0. The van der Waals surface area contributed by atoms with Crippen molar-refractivity contribution in [1.82, 2.24) is 4.90 Å². The van der Waals surface area contributed by atoms with Gasteiger partial charge in [0.2, 0.25) is 0 Å². The first kappa shape index (κ1) is 15.4. The Hall–Kier alpha value is -1.02. The van der Waals surface area contributed by atoms with E-state index in [-0.39, 0.29) is 0 Å². The van der Waals surface area contributed by atoms with Gasteiger partial charge >= 0.3 is 0 Å². The van der Waals surface area contributed by atoms with Crippen molar-refractivity contribution in [3.8, 4) is 6.07 Å². The van der Waals surface area contributed by atoms with E-state index in [1.807, 2.05) is 18.2 Å². The van der Waals surface area contributed by atoms with Gasteiger partial charge in [-0.2, -0.15) is 5.26 Å². The van der Waals surface area contributed by atoms with Crippen LogP contribution in [0.2, 0.25) is 0 Å². The highest BCUT2D eigenvalue weighted by molar-refractivity contribution is 7.99. The Bertz CT molecular complexity index is 460. The Morgan fingerprint density at radius 2 is 1.90 bits per heavy atom. The van der Waals surface area contributed by atoms with Crippen LogP contribution >= 0.6 is 11.8 Å². The second kappa shape index (κ2) is 6.62. The van der Waals surface area contributed by atoms with Gasteiger partial charge in [0.05, 0.1) is 0 Å². The van der Waals surface area contributed by atoms with Crippen LogP contribution in [0.4, 0.5) is 0 Å². The molecular weight excluding hydrogens is 266 g/mol. The molecule has 0 amide bonds. The molecule has 3 unspecified atom stereocenters. The highest BCUT2D eigenvalue weighted by Crippen LogP contribution is 2.31. The van der Waals surface area contributed by atoms with E-state index in [2.05, 4.69) is 36.9 Å². The fourth-order valence-electron chi connectivity index (χ4n) is 3.08. The highest BCUT2D eigenvalue weighted by atomic mass is 32.2. The third-order valence-corrected chi connectivity index (χ3v) is 5.24. The maximum Gasteiger partial charge on any atom is 0.168 e. The van der Waals surface area contributed by atoms with E-state index in [1.54, 1.807) is 11.8 Å². The molecule has 108 valence electrons. The van der Waals surface area contributed by atoms with Crippen molar-refractivity contribution >= 4 is 11.8 Å². The summed E-state index contributed by atoms with van der Waals surface area (Å²) in [6, 6.07) is 13.3. The van der Waals surface area contributed by atoms with Gasteiger partial charge < -0.3 is 5.73 Å². The number of likely N-dealkylation sites (tertiary alicyclic amines) is 1. The summed E-state index contributed by atoms with van der Waals surface area (Å²) in [5.41, 5.74) is 5.56. The van der Waals surface area contributed by atoms with Crippen LogP contribution in [0.5, 0.6) is 0 Å². The second-order valence-electron chi connectivity index (χ2n) is 5.67. The van der Waals surface area contributed by atoms with Crippen molar-refractivity contribution < 1.29 is 0 Å². The van der Waals surface area contributed by atoms with E-state index in [1.165, 1.54) is 6.42 Å². The van der Waals surface area contributed by atoms with Crippen LogP contribution in [0, 0.1) is 11.3 Å². The van der Waals surface area contributed by atoms with Gasteiger partial charge in [-0.25, -0.2) is 0 Å². The Balaban J connectivity index is 2.10. The van der Waals surface area contributed by atoms with Gasteiger partial charge in [-0.1, -0.05) is 24.6 Å². The minimum atomic E-state index is -0.889. The smallest absolute Gasteiger partial charge is 0.168 e. The molecule has 3 nitrogen and oxygen atoms in total. The summed E-state index contributed by atoms with van der Waals surface area (Å²) in [4.78, 5) is 3.38. The molecule has 1 aromatic rings. The Morgan fingerprint density at radius 1 is 1.30 bits per heavy atom. The third-order valence-electron chi connectivity index (χ3n) is 4.05. The van der Waals surface area contributed by atoms with Crippen LogP contribution in [0.1, 0.15) is 33.1 Å². The molecule has 0 spiro atoms. The first-order valence-electron chi connectivity index (χ1n) is 7.23. The molecule has 0 bridgehead atoms. The molecule has 1 aromatic carbocycles. The number of hydrogen-bond donors (Lipinski definition) is 1. The third kappa shape index (κ3) is 3.35. The number of nitriles is 1. The predicted molar refractivity (Wildman–Crippen MR) is 84.3 cm³/mol. The number of nitrogens with zero attached hydrogens (tertiary/aromatic N) is 2. The zero-order chi connectivity index (χ0) is 14.6. The molecule has 0 aliphatic carbocycles. The lowest BCUT2D eigenvalue weighted by Gasteiger charge is -2.46. The van der Waals surface area contributed by atoms with Crippen LogP contribution < -0.4 is 5.73 Å². The van der Waals surface area contributed by atoms with E-state index in [0.29, 0.717) is 17.8 Å². The van der Waals surface area contributed by atoms with Crippen molar-refractivity contribution in [2.24, 2.45) is 5.73 Å². The van der Waals surface area contributed by atoms with Crippen LogP contribution in [-0.4, -0.2) is 28.4 Å². The number of piperidine rings is 1. The normalized spacial score (nSPS) is 26.7. The molecule has 1 aliphatic heterocycles. The van der Waals surface area contributed by atoms with E-state index in [0.717, 1.165) is 17.7 Å². The van der Waals surface area contributed by atoms with Gasteiger partial charge in [0.25, 0.3) is 0 Å². The van der Waals surface area contributed by atoms with Crippen molar-refractivity contribution in [3.63, 3.8) is 0 Å². The second-order valence-corrected chi connectivity index (χ2v) is 6.72. The van der Waals surface area contributed by atoms with Gasteiger partial charge in [0, 0.05) is 22.7 Å². The first-order chi connectivity index (χ1) is 9.57. The number of hydrogen-bond acceptors (Lipinski definition) is 4. The average molecular weight is 289 g/mol.